The standard InChI is InChI=1S/C18H19N5S/c1-18(2,3)14-9-7-13(8-10-14)12-20-23-16(21-22-17(23)24)15-6-4-5-11-19-15/h4-12H,1-3H3,(H,22,24)/b20-12-. The third-order valence-electron chi connectivity index (χ3n) is 3.64. The Labute approximate surface area is 146 Å². The molecular weight excluding hydrogens is 318 g/mol. The molecule has 122 valence electrons. The molecule has 1 aromatic carbocycles. The summed E-state index contributed by atoms with van der Waals surface area (Å²) in [6.07, 6.45) is 3.48. The second kappa shape index (κ2) is 6.49. The van der Waals surface area contributed by atoms with Crippen molar-refractivity contribution in [2.75, 3.05) is 0 Å². The summed E-state index contributed by atoms with van der Waals surface area (Å²) in [5, 5.41) is 11.4. The number of nitrogens with zero attached hydrogens (tertiary/aromatic N) is 4. The van der Waals surface area contributed by atoms with Crippen molar-refractivity contribution in [2.45, 2.75) is 26.2 Å². The average molecular weight is 337 g/mol. The summed E-state index contributed by atoms with van der Waals surface area (Å²) in [4.78, 5) is 4.29. The van der Waals surface area contributed by atoms with E-state index in [0.717, 1.165) is 5.56 Å². The number of benzene rings is 1. The normalized spacial score (nSPS) is 12.0. The van der Waals surface area contributed by atoms with E-state index in [1.54, 1.807) is 17.1 Å². The van der Waals surface area contributed by atoms with E-state index in [4.69, 9.17) is 12.2 Å². The Morgan fingerprint density at radius 3 is 2.50 bits per heavy atom. The first kappa shape index (κ1) is 16.3. The van der Waals surface area contributed by atoms with Crippen molar-refractivity contribution in [1.82, 2.24) is 19.9 Å². The third kappa shape index (κ3) is 3.49. The molecule has 0 saturated heterocycles. The quantitative estimate of drug-likeness (QED) is 0.576. The van der Waals surface area contributed by atoms with Gasteiger partial charge in [0.15, 0.2) is 0 Å². The highest BCUT2D eigenvalue weighted by Gasteiger charge is 2.12. The summed E-state index contributed by atoms with van der Waals surface area (Å²) in [6, 6.07) is 14.0. The van der Waals surface area contributed by atoms with Crippen molar-refractivity contribution in [3.8, 4) is 11.5 Å². The van der Waals surface area contributed by atoms with Crippen LogP contribution in [0.4, 0.5) is 0 Å². The minimum atomic E-state index is 0.134. The Bertz CT molecular complexity index is 899. The van der Waals surface area contributed by atoms with Crippen LogP contribution in [0.15, 0.2) is 53.8 Å². The van der Waals surface area contributed by atoms with Crippen LogP contribution in [0.5, 0.6) is 0 Å². The van der Waals surface area contributed by atoms with Gasteiger partial charge in [0.2, 0.25) is 10.6 Å². The van der Waals surface area contributed by atoms with Gasteiger partial charge in [-0.1, -0.05) is 51.1 Å². The molecule has 0 aliphatic carbocycles. The van der Waals surface area contributed by atoms with Crippen molar-refractivity contribution in [1.29, 1.82) is 0 Å². The summed E-state index contributed by atoms with van der Waals surface area (Å²) >= 11 is 5.26. The minimum absolute atomic E-state index is 0.134. The van der Waals surface area contributed by atoms with Crippen LogP contribution in [0.2, 0.25) is 0 Å². The Kier molecular flexibility index (Phi) is 4.40. The molecule has 24 heavy (non-hydrogen) atoms. The maximum atomic E-state index is 5.26. The topological polar surface area (TPSA) is 58.9 Å². The van der Waals surface area contributed by atoms with Crippen LogP contribution < -0.4 is 0 Å². The maximum Gasteiger partial charge on any atom is 0.216 e. The largest absolute Gasteiger partial charge is 0.253 e. The van der Waals surface area contributed by atoms with Crippen molar-refractivity contribution < 1.29 is 0 Å². The molecule has 0 spiro atoms. The van der Waals surface area contributed by atoms with Gasteiger partial charge in [-0.25, -0.2) is 5.10 Å². The predicted octanol–water partition coefficient (Wildman–Crippen LogP) is 4.18. The Hall–Kier alpha value is -2.60. The smallest absolute Gasteiger partial charge is 0.216 e. The van der Waals surface area contributed by atoms with E-state index in [-0.39, 0.29) is 5.41 Å². The molecule has 0 radical (unpaired) electrons. The number of H-pyrrole nitrogens is 1. The van der Waals surface area contributed by atoms with Crippen LogP contribution in [0.3, 0.4) is 0 Å². The lowest BCUT2D eigenvalue weighted by atomic mass is 9.87. The van der Waals surface area contributed by atoms with Gasteiger partial charge in [0.25, 0.3) is 0 Å². The van der Waals surface area contributed by atoms with Gasteiger partial charge in [-0.2, -0.15) is 14.9 Å². The summed E-state index contributed by atoms with van der Waals surface area (Å²) < 4.78 is 2.01. The van der Waals surface area contributed by atoms with Crippen LogP contribution in [0.1, 0.15) is 31.9 Å². The predicted molar refractivity (Wildman–Crippen MR) is 98.8 cm³/mol. The van der Waals surface area contributed by atoms with E-state index >= 15 is 0 Å². The molecule has 2 aromatic heterocycles. The van der Waals surface area contributed by atoms with Crippen LogP contribution in [-0.2, 0) is 5.41 Å². The van der Waals surface area contributed by atoms with Crippen molar-refractivity contribution in [3.05, 3.63) is 64.6 Å². The maximum absolute atomic E-state index is 5.26. The van der Waals surface area contributed by atoms with Gasteiger partial charge in [-0.05, 0) is 40.9 Å². The van der Waals surface area contributed by atoms with E-state index < -0.39 is 0 Å². The number of aromatic nitrogens is 4. The molecule has 0 saturated carbocycles. The zero-order valence-electron chi connectivity index (χ0n) is 13.9. The van der Waals surface area contributed by atoms with E-state index in [2.05, 4.69) is 53.2 Å². The molecule has 0 aliphatic heterocycles. The zero-order chi connectivity index (χ0) is 17.2. The first-order chi connectivity index (χ1) is 11.4. The van der Waals surface area contributed by atoms with E-state index in [1.807, 2.05) is 30.3 Å². The molecule has 0 amide bonds. The fourth-order valence-electron chi connectivity index (χ4n) is 2.25. The van der Waals surface area contributed by atoms with Gasteiger partial charge in [0.1, 0.15) is 5.69 Å². The number of hydrogen-bond acceptors (Lipinski definition) is 4. The van der Waals surface area contributed by atoms with Crippen LogP contribution in [0, 0.1) is 4.77 Å². The highest BCUT2D eigenvalue weighted by Crippen LogP contribution is 2.22. The number of pyridine rings is 1. The van der Waals surface area contributed by atoms with Crippen molar-refractivity contribution in [2.24, 2.45) is 5.10 Å². The van der Waals surface area contributed by atoms with Gasteiger partial charge >= 0.3 is 0 Å². The van der Waals surface area contributed by atoms with E-state index in [1.165, 1.54) is 5.56 Å². The highest BCUT2D eigenvalue weighted by atomic mass is 32.1. The molecule has 6 heteroatoms. The second-order valence-electron chi connectivity index (χ2n) is 6.50. The molecule has 0 unspecified atom stereocenters. The van der Waals surface area contributed by atoms with Crippen molar-refractivity contribution >= 4 is 18.4 Å². The fourth-order valence-corrected chi connectivity index (χ4v) is 2.43. The Balaban J connectivity index is 1.91. The first-order valence-electron chi connectivity index (χ1n) is 7.69. The molecular formula is C18H19N5S. The lowest BCUT2D eigenvalue weighted by Crippen LogP contribution is -2.10. The highest BCUT2D eigenvalue weighted by molar-refractivity contribution is 7.71. The number of rotatable bonds is 3. The zero-order valence-corrected chi connectivity index (χ0v) is 14.7. The summed E-state index contributed by atoms with van der Waals surface area (Å²) in [7, 11) is 0. The molecule has 0 bridgehead atoms. The van der Waals surface area contributed by atoms with Gasteiger partial charge in [0, 0.05) is 6.20 Å². The van der Waals surface area contributed by atoms with Gasteiger partial charge in [0.05, 0.1) is 6.21 Å². The summed E-state index contributed by atoms with van der Waals surface area (Å²) in [5.41, 5.74) is 3.13. The van der Waals surface area contributed by atoms with Gasteiger partial charge < -0.3 is 0 Å². The molecule has 1 N–H and O–H groups in total. The Morgan fingerprint density at radius 2 is 1.88 bits per heavy atom. The lowest BCUT2D eigenvalue weighted by molar-refractivity contribution is 0.590. The molecule has 0 aliphatic rings. The average Bonchev–Trinajstić information content (AvgIpc) is 2.94. The second-order valence-corrected chi connectivity index (χ2v) is 6.88. The molecule has 3 rings (SSSR count). The van der Waals surface area contributed by atoms with Gasteiger partial charge in [-0.15, -0.1) is 0 Å². The number of hydrogen-bond donors (Lipinski definition) is 1. The molecule has 5 nitrogen and oxygen atoms in total. The summed E-state index contributed by atoms with van der Waals surface area (Å²) in [5.74, 6) is 0.586. The number of nitrogens with one attached hydrogen (secondary N) is 1. The third-order valence-corrected chi connectivity index (χ3v) is 3.91. The lowest BCUT2D eigenvalue weighted by Gasteiger charge is -2.18. The summed E-state index contributed by atoms with van der Waals surface area (Å²) in [6.45, 7) is 6.58. The van der Waals surface area contributed by atoms with Gasteiger partial charge in [-0.3, -0.25) is 4.98 Å². The molecule has 2 heterocycles. The van der Waals surface area contributed by atoms with E-state index in [0.29, 0.717) is 16.3 Å². The first-order valence-corrected chi connectivity index (χ1v) is 8.10. The molecule has 0 atom stereocenters. The monoisotopic (exact) mass is 337 g/mol. The van der Waals surface area contributed by atoms with Crippen LogP contribution in [0.25, 0.3) is 11.5 Å². The SMILES string of the molecule is CC(C)(C)c1ccc(/C=N\n2c(-c3ccccn3)n[nH]c2=S)cc1. The van der Waals surface area contributed by atoms with Crippen molar-refractivity contribution in [3.63, 3.8) is 0 Å². The van der Waals surface area contributed by atoms with Crippen LogP contribution in [-0.4, -0.2) is 26.1 Å². The number of aromatic amines is 1. The van der Waals surface area contributed by atoms with Crippen LogP contribution >= 0.6 is 12.2 Å². The minimum Gasteiger partial charge on any atom is -0.253 e. The molecule has 3 aromatic rings. The Morgan fingerprint density at radius 1 is 1.12 bits per heavy atom. The fraction of sp³-hybridized carbons (Fsp3) is 0.222. The van der Waals surface area contributed by atoms with E-state index in [9.17, 15) is 0 Å². The molecule has 0 fully saturated rings.